The SMILES string of the molecule is COc1ccccc1N1CCN(c2ccc(C=O)o2)CC1. The lowest BCUT2D eigenvalue weighted by Crippen LogP contribution is -2.46. The Labute approximate surface area is 123 Å². The van der Waals surface area contributed by atoms with Crippen molar-refractivity contribution in [2.24, 2.45) is 0 Å². The average Bonchev–Trinajstić information content (AvgIpc) is 3.04. The van der Waals surface area contributed by atoms with Crippen molar-refractivity contribution in [3.63, 3.8) is 0 Å². The van der Waals surface area contributed by atoms with Gasteiger partial charge in [0.2, 0.25) is 0 Å². The molecular formula is C16H18N2O3. The standard InChI is InChI=1S/C16H18N2O3/c1-20-15-5-3-2-4-14(15)17-8-10-18(11-9-17)16-7-6-13(12-19)21-16/h2-7,12H,8-11H2,1H3. The summed E-state index contributed by atoms with van der Waals surface area (Å²) in [6.45, 7) is 3.47. The van der Waals surface area contributed by atoms with E-state index in [2.05, 4.69) is 15.9 Å². The quantitative estimate of drug-likeness (QED) is 0.808. The fraction of sp³-hybridized carbons (Fsp3) is 0.312. The average molecular weight is 286 g/mol. The second-order valence-electron chi connectivity index (χ2n) is 4.94. The van der Waals surface area contributed by atoms with E-state index < -0.39 is 0 Å². The van der Waals surface area contributed by atoms with Gasteiger partial charge in [0.1, 0.15) is 5.75 Å². The first kappa shape index (κ1) is 13.5. The summed E-state index contributed by atoms with van der Waals surface area (Å²) in [6, 6.07) is 11.6. The van der Waals surface area contributed by atoms with E-state index in [9.17, 15) is 4.79 Å². The van der Waals surface area contributed by atoms with Gasteiger partial charge in [-0.3, -0.25) is 4.79 Å². The van der Waals surface area contributed by atoms with Gasteiger partial charge in [0.25, 0.3) is 0 Å². The highest BCUT2D eigenvalue weighted by Crippen LogP contribution is 2.29. The van der Waals surface area contributed by atoms with Gasteiger partial charge in [-0.1, -0.05) is 12.1 Å². The number of piperazine rings is 1. The Morgan fingerprint density at radius 1 is 1.05 bits per heavy atom. The summed E-state index contributed by atoms with van der Waals surface area (Å²) in [5, 5.41) is 0. The van der Waals surface area contributed by atoms with Crippen LogP contribution in [0.25, 0.3) is 0 Å². The minimum atomic E-state index is 0.372. The van der Waals surface area contributed by atoms with Gasteiger partial charge in [-0.15, -0.1) is 0 Å². The molecule has 5 nitrogen and oxygen atoms in total. The number of carbonyl (C=O) groups is 1. The normalized spacial score (nSPS) is 15.1. The molecule has 1 aliphatic rings. The molecule has 5 heteroatoms. The number of methoxy groups -OCH3 is 1. The van der Waals surface area contributed by atoms with Gasteiger partial charge < -0.3 is 19.0 Å². The summed E-state index contributed by atoms with van der Waals surface area (Å²) in [4.78, 5) is 15.1. The van der Waals surface area contributed by atoms with E-state index in [0.717, 1.165) is 49.8 Å². The number of para-hydroxylation sites is 2. The second-order valence-corrected chi connectivity index (χ2v) is 4.94. The molecule has 0 aliphatic carbocycles. The van der Waals surface area contributed by atoms with E-state index in [1.54, 1.807) is 13.2 Å². The Kier molecular flexibility index (Phi) is 3.81. The predicted molar refractivity (Wildman–Crippen MR) is 81.5 cm³/mol. The van der Waals surface area contributed by atoms with Gasteiger partial charge in [0.15, 0.2) is 17.9 Å². The van der Waals surface area contributed by atoms with E-state index >= 15 is 0 Å². The molecule has 2 heterocycles. The van der Waals surface area contributed by atoms with Crippen molar-refractivity contribution in [3.8, 4) is 5.75 Å². The first-order valence-corrected chi connectivity index (χ1v) is 7.00. The van der Waals surface area contributed by atoms with Crippen LogP contribution in [-0.2, 0) is 0 Å². The zero-order chi connectivity index (χ0) is 14.7. The first-order chi connectivity index (χ1) is 10.3. The highest BCUT2D eigenvalue weighted by molar-refractivity contribution is 5.71. The lowest BCUT2D eigenvalue weighted by Gasteiger charge is -2.36. The molecule has 2 aromatic rings. The molecule has 1 aromatic carbocycles. The van der Waals surface area contributed by atoms with Gasteiger partial charge >= 0.3 is 0 Å². The lowest BCUT2D eigenvalue weighted by atomic mass is 10.2. The van der Waals surface area contributed by atoms with Gasteiger partial charge in [-0.05, 0) is 18.2 Å². The summed E-state index contributed by atoms with van der Waals surface area (Å²) in [5.41, 5.74) is 1.12. The van der Waals surface area contributed by atoms with E-state index in [0.29, 0.717) is 5.76 Å². The summed E-state index contributed by atoms with van der Waals surface area (Å²) in [5.74, 6) is 2.03. The maximum Gasteiger partial charge on any atom is 0.196 e. The second kappa shape index (κ2) is 5.91. The van der Waals surface area contributed by atoms with Crippen LogP contribution in [0.4, 0.5) is 11.6 Å². The monoisotopic (exact) mass is 286 g/mol. The smallest absolute Gasteiger partial charge is 0.196 e. The number of furan rings is 1. The molecule has 0 atom stereocenters. The molecule has 3 rings (SSSR count). The van der Waals surface area contributed by atoms with Crippen LogP contribution in [0.1, 0.15) is 10.6 Å². The zero-order valence-electron chi connectivity index (χ0n) is 12.0. The Morgan fingerprint density at radius 3 is 2.43 bits per heavy atom. The first-order valence-electron chi connectivity index (χ1n) is 7.00. The Hall–Kier alpha value is -2.43. The van der Waals surface area contributed by atoms with Crippen LogP contribution in [0, 0.1) is 0 Å². The summed E-state index contributed by atoms with van der Waals surface area (Å²) in [6.07, 6.45) is 0.731. The zero-order valence-corrected chi connectivity index (χ0v) is 12.0. The molecule has 0 radical (unpaired) electrons. The van der Waals surface area contributed by atoms with E-state index in [-0.39, 0.29) is 0 Å². The molecule has 0 amide bonds. The van der Waals surface area contributed by atoms with Crippen molar-refractivity contribution in [1.29, 1.82) is 0 Å². The molecular weight excluding hydrogens is 268 g/mol. The number of benzene rings is 1. The number of anilines is 2. The molecule has 21 heavy (non-hydrogen) atoms. The van der Waals surface area contributed by atoms with Crippen LogP contribution in [0.2, 0.25) is 0 Å². The molecule has 1 aromatic heterocycles. The molecule has 0 unspecified atom stereocenters. The molecule has 0 N–H and O–H groups in total. The third-order valence-electron chi connectivity index (χ3n) is 3.75. The van der Waals surface area contributed by atoms with E-state index in [1.807, 2.05) is 24.3 Å². The summed E-state index contributed by atoms with van der Waals surface area (Å²) < 4.78 is 10.9. The van der Waals surface area contributed by atoms with Crippen LogP contribution in [-0.4, -0.2) is 39.6 Å². The number of hydrogen-bond acceptors (Lipinski definition) is 5. The van der Waals surface area contributed by atoms with Crippen LogP contribution >= 0.6 is 0 Å². The number of aldehydes is 1. The van der Waals surface area contributed by atoms with Crippen molar-refractivity contribution in [2.45, 2.75) is 0 Å². The minimum Gasteiger partial charge on any atom is -0.495 e. The van der Waals surface area contributed by atoms with Crippen molar-refractivity contribution < 1.29 is 13.9 Å². The Bertz CT molecular complexity index is 615. The Morgan fingerprint density at radius 2 is 1.76 bits per heavy atom. The van der Waals surface area contributed by atoms with Crippen LogP contribution < -0.4 is 14.5 Å². The maximum atomic E-state index is 10.7. The third-order valence-corrected chi connectivity index (χ3v) is 3.75. The van der Waals surface area contributed by atoms with Crippen LogP contribution in [0.5, 0.6) is 5.75 Å². The topological polar surface area (TPSA) is 45.9 Å². The van der Waals surface area contributed by atoms with E-state index in [1.165, 1.54) is 0 Å². The third kappa shape index (κ3) is 2.72. The fourth-order valence-electron chi connectivity index (χ4n) is 2.63. The molecule has 1 saturated heterocycles. The van der Waals surface area contributed by atoms with Crippen molar-refractivity contribution in [2.75, 3.05) is 43.1 Å². The highest BCUT2D eigenvalue weighted by atomic mass is 16.5. The van der Waals surface area contributed by atoms with Crippen molar-refractivity contribution >= 4 is 17.9 Å². The minimum absolute atomic E-state index is 0.372. The summed E-state index contributed by atoms with van der Waals surface area (Å²) >= 11 is 0. The largest absolute Gasteiger partial charge is 0.495 e. The molecule has 0 saturated carbocycles. The molecule has 1 fully saturated rings. The number of hydrogen-bond donors (Lipinski definition) is 0. The van der Waals surface area contributed by atoms with Crippen LogP contribution in [0.3, 0.4) is 0 Å². The van der Waals surface area contributed by atoms with Gasteiger partial charge in [-0.25, -0.2) is 0 Å². The number of carbonyl (C=O) groups excluding carboxylic acids is 1. The molecule has 1 aliphatic heterocycles. The van der Waals surface area contributed by atoms with Gasteiger partial charge in [0.05, 0.1) is 12.8 Å². The van der Waals surface area contributed by atoms with Crippen molar-refractivity contribution in [3.05, 3.63) is 42.2 Å². The van der Waals surface area contributed by atoms with E-state index in [4.69, 9.17) is 9.15 Å². The molecule has 110 valence electrons. The summed E-state index contributed by atoms with van der Waals surface area (Å²) in [7, 11) is 1.69. The Balaban J connectivity index is 1.68. The lowest BCUT2D eigenvalue weighted by molar-refractivity contribution is 0.110. The van der Waals surface area contributed by atoms with Gasteiger partial charge in [-0.2, -0.15) is 0 Å². The van der Waals surface area contributed by atoms with Crippen LogP contribution in [0.15, 0.2) is 40.8 Å². The van der Waals surface area contributed by atoms with Crippen molar-refractivity contribution in [1.82, 2.24) is 0 Å². The number of rotatable bonds is 4. The molecule has 0 bridgehead atoms. The van der Waals surface area contributed by atoms with Gasteiger partial charge in [0, 0.05) is 32.2 Å². The number of nitrogens with zero attached hydrogens (tertiary/aromatic N) is 2. The fourth-order valence-corrected chi connectivity index (χ4v) is 2.63. The maximum absolute atomic E-state index is 10.7. The highest BCUT2D eigenvalue weighted by Gasteiger charge is 2.21. The molecule has 0 spiro atoms. The predicted octanol–water partition coefficient (Wildman–Crippen LogP) is 2.43. The number of ether oxygens (including phenoxy) is 1.